The summed E-state index contributed by atoms with van der Waals surface area (Å²) in [6.45, 7) is 1.90. The molecule has 33 heavy (non-hydrogen) atoms. The van der Waals surface area contributed by atoms with E-state index in [2.05, 4.69) is 25.9 Å². The van der Waals surface area contributed by atoms with Gasteiger partial charge >= 0.3 is 6.03 Å². The molecule has 0 unspecified atom stereocenters. The van der Waals surface area contributed by atoms with Gasteiger partial charge in [0.1, 0.15) is 12.1 Å². The van der Waals surface area contributed by atoms with Gasteiger partial charge < -0.3 is 25.4 Å². The Balaban J connectivity index is 1.56. The number of halogens is 1. The number of carbonyl (C=O) groups excluding carboxylic acids is 1. The highest BCUT2D eigenvalue weighted by Gasteiger charge is 2.10. The Morgan fingerprint density at radius 1 is 0.848 bits per heavy atom. The number of benzene rings is 3. The molecule has 0 saturated heterocycles. The number of amides is 2. The zero-order valence-electron chi connectivity index (χ0n) is 18.3. The molecule has 0 saturated carbocycles. The smallest absolute Gasteiger partial charge is 0.323 e. The summed E-state index contributed by atoms with van der Waals surface area (Å²) in [5.74, 6) is 1.81. The molecule has 0 atom stereocenters. The second-order valence-corrected chi connectivity index (χ2v) is 7.60. The van der Waals surface area contributed by atoms with Crippen LogP contribution in [0.5, 0.6) is 11.5 Å². The van der Waals surface area contributed by atoms with Crippen LogP contribution >= 0.6 is 11.6 Å². The molecular formula is C24H22ClN5O3. The number of carbonyl (C=O) groups is 1. The number of hydrogen-bond acceptors (Lipinski definition) is 6. The standard InChI is InChI=1S/C24H22ClN5O3/c1-14-4-5-16(11-19(14)25)30-24(31)29-15-6-8-20-18(10-15)23(27-13-26-20)28-17-7-9-21(32-2)22(12-17)33-3/h4-13H,1-3H3,(H,26,27,28)(H2,29,30,31). The summed E-state index contributed by atoms with van der Waals surface area (Å²) in [6.07, 6.45) is 1.48. The average molecular weight is 464 g/mol. The maximum absolute atomic E-state index is 12.5. The summed E-state index contributed by atoms with van der Waals surface area (Å²) < 4.78 is 10.7. The van der Waals surface area contributed by atoms with Gasteiger partial charge in [-0.3, -0.25) is 0 Å². The van der Waals surface area contributed by atoms with Gasteiger partial charge in [-0.15, -0.1) is 0 Å². The molecule has 168 valence electrons. The predicted octanol–water partition coefficient (Wildman–Crippen LogP) is 6.00. The molecule has 4 aromatic rings. The van der Waals surface area contributed by atoms with Gasteiger partial charge in [0.2, 0.25) is 0 Å². The van der Waals surface area contributed by atoms with Gasteiger partial charge in [-0.05, 0) is 55.0 Å². The highest BCUT2D eigenvalue weighted by Crippen LogP contribution is 2.32. The number of fused-ring (bicyclic) bond motifs is 1. The Morgan fingerprint density at radius 3 is 2.27 bits per heavy atom. The van der Waals surface area contributed by atoms with E-state index in [1.54, 1.807) is 44.6 Å². The molecule has 0 aliphatic rings. The third-order valence-corrected chi connectivity index (χ3v) is 5.38. The fraction of sp³-hybridized carbons (Fsp3) is 0.125. The van der Waals surface area contributed by atoms with Crippen LogP contribution in [-0.2, 0) is 0 Å². The van der Waals surface area contributed by atoms with E-state index in [1.807, 2.05) is 31.2 Å². The molecule has 0 fully saturated rings. The molecule has 2 amide bonds. The third kappa shape index (κ3) is 5.07. The van der Waals surface area contributed by atoms with Crippen LogP contribution in [0.25, 0.3) is 10.9 Å². The quantitative estimate of drug-likeness (QED) is 0.324. The van der Waals surface area contributed by atoms with Crippen LogP contribution in [0.1, 0.15) is 5.56 Å². The Morgan fingerprint density at radius 2 is 1.55 bits per heavy atom. The minimum absolute atomic E-state index is 0.388. The number of nitrogens with zero attached hydrogens (tertiary/aromatic N) is 2. The molecule has 0 bridgehead atoms. The van der Waals surface area contributed by atoms with Gasteiger partial charge in [-0.25, -0.2) is 14.8 Å². The monoisotopic (exact) mass is 463 g/mol. The fourth-order valence-corrected chi connectivity index (χ4v) is 3.43. The molecule has 0 aliphatic heterocycles. The number of nitrogens with one attached hydrogen (secondary N) is 3. The Labute approximate surface area is 195 Å². The van der Waals surface area contributed by atoms with Crippen molar-refractivity contribution in [2.75, 3.05) is 30.2 Å². The molecule has 4 rings (SSSR count). The molecule has 0 spiro atoms. The maximum atomic E-state index is 12.5. The lowest BCUT2D eigenvalue weighted by molar-refractivity contribution is 0.262. The van der Waals surface area contributed by atoms with Crippen LogP contribution in [-0.4, -0.2) is 30.2 Å². The molecule has 3 aromatic carbocycles. The summed E-state index contributed by atoms with van der Waals surface area (Å²) in [5, 5.41) is 10.2. The minimum Gasteiger partial charge on any atom is -0.493 e. The van der Waals surface area contributed by atoms with Crippen molar-refractivity contribution in [3.05, 3.63) is 71.5 Å². The number of ether oxygens (including phenoxy) is 2. The lowest BCUT2D eigenvalue weighted by atomic mass is 10.2. The molecule has 0 radical (unpaired) electrons. The first kappa shape index (κ1) is 22.2. The van der Waals surface area contributed by atoms with Crippen molar-refractivity contribution in [1.29, 1.82) is 0 Å². The number of hydrogen-bond donors (Lipinski definition) is 3. The summed E-state index contributed by atoms with van der Waals surface area (Å²) in [6, 6.07) is 15.8. The topological polar surface area (TPSA) is 97.4 Å². The summed E-state index contributed by atoms with van der Waals surface area (Å²) in [7, 11) is 3.16. The summed E-state index contributed by atoms with van der Waals surface area (Å²) in [5.41, 5.74) is 3.61. The number of aromatic nitrogens is 2. The van der Waals surface area contributed by atoms with Crippen molar-refractivity contribution in [3.8, 4) is 11.5 Å². The molecule has 8 nitrogen and oxygen atoms in total. The first-order valence-corrected chi connectivity index (χ1v) is 10.4. The van der Waals surface area contributed by atoms with Crippen LogP contribution in [0.2, 0.25) is 5.02 Å². The second kappa shape index (κ2) is 9.62. The molecule has 1 heterocycles. The Kier molecular flexibility index (Phi) is 6.46. The van der Waals surface area contributed by atoms with Crippen LogP contribution in [0.15, 0.2) is 60.9 Å². The normalized spacial score (nSPS) is 10.5. The van der Waals surface area contributed by atoms with Gasteiger partial charge in [-0.1, -0.05) is 17.7 Å². The van der Waals surface area contributed by atoms with Gasteiger partial charge in [0.05, 0.1) is 19.7 Å². The van der Waals surface area contributed by atoms with Gasteiger partial charge in [0, 0.05) is 33.5 Å². The van der Waals surface area contributed by atoms with Gasteiger partial charge in [0.25, 0.3) is 0 Å². The van der Waals surface area contributed by atoms with E-state index in [9.17, 15) is 4.79 Å². The van der Waals surface area contributed by atoms with E-state index in [1.165, 1.54) is 6.33 Å². The largest absolute Gasteiger partial charge is 0.493 e. The van der Waals surface area contributed by atoms with E-state index in [0.29, 0.717) is 33.7 Å². The van der Waals surface area contributed by atoms with Crippen LogP contribution in [0, 0.1) is 6.92 Å². The van der Waals surface area contributed by atoms with Crippen molar-refractivity contribution < 1.29 is 14.3 Å². The maximum Gasteiger partial charge on any atom is 0.323 e. The first-order valence-electron chi connectivity index (χ1n) is 10.0. The van der Waals surface area contributed by atoms with Crippen molar-refractivity contribution in [1.82, 2.24) is 9.97 Å². The lowest BCUT2D eigenvalue weighted by Gasteiger charge is -2.13. The second-order valence-electron chi connectivity index (χ2n) is 7.19. The van der Waals surface area contributed by atoms with E-state index in [4.69, 9.17) is 21.1 Å². The van der Waals surface area contributed by atoms with Crippen LogP contribution in [0.4, 0.5) is 27.7 Å². The van der Waals surface area contributed by atoms with E-state index in [0.717, 1.165) is 22.2 Å². The van der Waals surface area contributed by atoms with Crippen molar-refractivity contribution in [2.24, 2.45) is 0 Å². The zero-order chi connectivity index (χ0) is 23.4. The van der Waals surface area contributed by atoms with E-state index in [-0.39, 0.29) is 6.03 Å². The lowest BCUT2D eigenvalue weighted by Crippen LogP contribution is -2.19. The minimum atomic E-state index is -0.388. The highest BCUT2D eigenvalue weighted by molar-refractivity contribution is 6.31. The van der Waals surface area contributed by atoms with Crippen LogP contribution in [0.3, 0.4) is 0 Å². The van der Waals surface area contributed by atoms with Crippen molar-refractivity contribution >= 4 is 51.4 Å². The number of anilines is 4. The predicted molar refractivity (Wildman–Crippen MR) is 131 cm³/mol. The summed E-state index contributed by atoms with van der Waals surface area (Å²) >= 11 is 6.14. The van der Waals surface area contributed by atoms with E-state index < -0.39 is 0 Å². The van der Waals surface area contributed by atoms with Crippen LogP contribution < -0.4 is 25.4 Å². The van der Waals surface area contributed by atoms with E-state index >= 15 is 0 Å². The fourth-order valence-electron chi connectivity index (χ4n) is 3.25. The third-order valence-electron chi connectivity index (χ3n) is 4.97. The SMILES string of the molecule is COc1ccc(Nc2ncnc3ccc(NC(=O)Nc4ccc(C)c(Cl)c4)cc23)cc1OC. The van der Waals surface area contributed by atoms with Gasteiger partial charge in [0.15, 0.2) is 11.5 Å². The van der Waals surface area contributed by atoms with Crippen molar-refractivity contribution in [3.63, 3.8) is 0 Å². The number of rotatable bonds is 6. The Bertz CT molecular complexity index is 1330. The zero-order valence-corrected chi connectivity index (χ0v) is 19.0. The number of aryl methyl sites for hydroxylation is 1. The molecule has 0 aliphatic carbocycles. The number of methoxy groups -OCH3 is 2. The van der Waals surface area contributed by atoms with Crippen molar-refractivity contribution in [2.45, 2.75) is 6.92 Å². The highest BCUT2D eigenvalue weighted by atomic mass is 35.5. The summed E-state index contributed by atoms with van der Waals surface area (Å²) in [4.78, 5) is 21.2. The average Bonchev–Trinajstić information content (AvgIpc) is 2.81. The first-order chi connectivity index (χ1) is 16.0. The molecular weight excluding hydrogens is 442 g/mol. The number of urea groups is 1. The van der Waals surface area contributed by atoms with Gasteiger partial charge in [-0.2, -0.15) is 0 Å². The molecule has 1 aromatic heterocycles. The molecule has 3 N–H and O–H groups in total. The molecule has 9 heteroatoms. The Hall–Kier alpha value is -4.04.